The van der Waals surface area contributed by atoms with Gasteiger partial charge in [-0.15, -0.1) is 0 Å². The molecule has 0 fully saturated rings. The van der Waals surface area contributed by atoms with Crippen molar-refractivity contribution >= 4 is 12.0 Å². The molecule has 3 nitrogen and oxygen atoms in total. The number of hydrogen-bond donors (Lipinski definition) is 1. The first-order valence-corrected chi connectivity index (χ1v) is 6.17. The number of rotatable bonds is 5. The second kappa shape index (κ2) is 6.36. The summed E-state index contributed by atoms with van der Waals surface area (Å²) >= 11 is 0. The summed E-state index contributed by atoms with van der Waals surface area (Å²) in [5.41, 5.74) is 0.122. The highest BCUT2D eigenvalue weighted by molar-refractivity contribution is 5.91. The molecular weight excluding hydrogens is 226 g/mol. The molecular formula is C15H21NO2. The largest absolute Gasteiger partial charge is 0.389 e. The fourth-order valence-electron chi connectivity index (χ4n) is 1.65. The van der Waals surface area contributed by atoms with Crippen molar-refractivity contribution in [2.45, 2.75) is 26.4 Å². The summed E-state index contributed by atoms with van der Waals surface area (Å²) in [6, 6.07) is 9.68. The third-order valence-corrected chi connectivity index (χ3v) is 2.49. The Morgan fingerprint density at radius 2 is 1.94 bits per heavy atom. The number of likely N-dealkylation sites (N-methyl/N-ethyl adjacent to an activating group) is 1. The van der Waals surface area contributed by atoms with Crippen LogP contribution in [-0.2, 0) is 4.79 Å². The third kappa shape index (κ3) is 5.15. The average molecular weight is 247 g/mol. The van der Waals surface area contributed by atoms with E-state index in [1.54, 1.807) is 30.9 Å². The van der Waals surface area contributed by atoms with Gasteiger partial charge in [-0.25, -0.2) is 0 Å². The van der Waals surface area contributed by atoms with Crippen LogP contribution in [0.5, 0.6) is 0 Å². The fraction of sp³-hybridized carbons (Fsp3) is 0.400. The molecule has 0 radical (unpaired) electrons. The van der Waals surface area contributed by atoms with Crippen LogP contribution in [0.2, 0.25) is 0 Å². The Bertz CT molecular complexity index is 404. The summed E-state index contributed by atoms with van der Waals surface area (Å²) in [6.07, 6.45) is 3.33. The summed E-state index contributed by atoms with van der Waals surface area (Å²) < 4.78 is 0. The Hall–Kier alpha value is -1.61. The van der Waals surface area contributed by atoms with Gasteiger partial charge in [0, 0.05) is 19.2 Å². The summed E-state index contributed by atoms with van der Waals surface area (Å²) in [5, 5.41) is 9.74. The predicted molar refractivity (Wildman–Crippen MR) is 74.0 cm³/mol. The highest BCUT2D eigenvalue weighted by Gasteiger charge is 2.19. The maximum absolute atomic E-state index is 12.0. The molecule has 0 saturated heterocycles. The Morgan fingerprint density at radius 3 is 2.44 bits per heavy atom. The molecule has 0 atom stereocenters. The predicted octanol–water partition coefficient (Wildman–Crippen LogP) is 2.32. The van der Waals surface area contributed by atoms with E-state index < -0.39 is 5.60 Å². The van der Waals surface area contributed by atoms with Crippen molar-refractivity contribution in [2.24, 2.45) is 0 Å². The van der Waals surface area contributed by atoms with Crippen molar-refractivity contribution in [1.82, 2.24) is 4.90 Å². The van der Waals surface area contributed by atoms with Crippen molar-refractivity contribution in [1.29, 1.82) is 0 Å². The molecule has 0 aliphatic carbocycles. The molecule has 0 unspecified atom stereocenters. The van der Waals surface area contributed by atoms with Crippen LogP contribution in [0.4, 0.5) is 0 Å². The first-order chi connectivity index (χ1) is 8.42. The van der Waals surface area contributed by atoms with Gasteiger partial charge in [-0.1, -0.05) is 30.3 Å². The lowest BCUT2D eigenvalue weighted by molar-refractivity contribution is -0.128. The minimum absolute atomic E-state index is 0.0801. The van der Waals surface area contributed by atoms with Crippen molar-refractivity contribution in [3.63, 3.8) is 0 Å². The van der Waals surface area contributed by atoms with Crippen molar-refractivity contribution in [2.75, 3.05) is 13.1 Å². The van der Waals surface area contributed by atoms with Gasteiger partial charge in [0.2, 0.25) is 5.91 Å². The summed E-state index contributed by atoms with van der Waals surface area (Å²) in [7, 11) is 0. The van der Waals surface area contributed by atoms with E-state index in [-0.39, 0.29) is 5.91 Å². The molecule has 0 aromatic heterocycles. The molecule has 98 valence electrons. The summed E-state index contributed by atoms with van der Waals surface area (Å²) in [6.45, 7) is 6.22. The number of benzene rings is 1. The highest BCUT2D eigenvalue weighted by Crippen LogP contribution is 2.07. The first-order valence-electron chi connectivity index (χ1n) is 6.17. The number of hydrogen-bond acceptors (Lipinski definition) is 2. The smallest absolute Gasteiger partial charge is 0.246 e. The van der Waals surface area contributed by atoms with E-state index >= 15 is 0 Å². The molecule has 1 aromatic rings. The van der Waals surface area contributed by atoms with Crippen LogP contribution < -0.4 is 0 Å². The maximum atomic E-state index is 12.0. The van der Waals surface area contributed by atoms with Crippen LogP contribution in [0.15, 0.2) is 36.4 Å². The number of nitrogens with zero attached hydrogens (tertiary/aromatic N) is 1. The van der Waals surface area contributed by atoms with Gasteiger partial charge in [0.15, 0.2) is 0 Å². The number of aliphatic hydroxyl groups is 1. The second-order valence-corrected chi connectivity index (χ2v) is 4.91. The number of carbonyl (C=O) groups is 1. The summed E-state index contributed by atoms with van der Waals surface area (Å²) in [5.74, 6) is -0.0801. The molecule has 0 saturated carbocycles. The van der Waals surface area contributed by atoms with E-state index in [1.165, 1.54) is 0 Å². The van der Waals surface area contributed by atoms with E-state index in [2.05, 4.69) is 0 Å². The molecule has 0 aliphatic heterocycles. The lowest BCUT2D eigenvalue weighted by Gasteiger charge is -2.27. The van der Waals surface area contributed by atoms with Gasteiger partial charge in [-0.3, -0.25) is 4.79 Å². The Balaban J connectivity index is 2.66. The summed E-state index contributed by atoms with van der Waals surface area (Å²) in [4.78, 5) is 13.6. The third-order valence-electron chi connectivity index (χ3n) is 2.49. The lowest BCUT2D eigenvalue weighted by atomic mass is 10.1. The number of amides is 1. The van der Waals surface area contributed by atoms with Gasteiger partial charge in [0.1, 0.15) is 0 Å². The Morgan fingerprint density at radius 1 is 1.33 bits per heavy atom. The molecule has 0 aliphatic rings. The zero-order valence-electron chi connectivity index (χ0n) is 11.3. The molecule has 1 N–H and O–H groups in total. The lowest BCUT2D eigenvalue weighted by Crippen LogP contribution is -2.41. The molecule has 0 heterocycles. The Kier molecular flexibility index (Phi) is 5.10. The highest BCUT2D eigenvalue weighted by atomic mass is 16.3. The van der Waals surface area contributed by atoms with Crippen molar-refractivity contribution in [3.05, 3.63) is 42.0 Å². The zero-order valence-corrected chi connectivity index (χ0v) is 11.3. The van der Waals surface area contributed by atoms with Crippen LogP contribution in [0.25, 0.3) is 6.08 Å². The van der Waals surface area contributed by atoms with Crippen molar-refractivity contribution < 1.29 is 9.90 Å². The van der Waals surface area contributed by atoms with Crippen molar-refractivity contribution in [3.8, 4) is 0 Å². The molecule has 1 aromatic carbocycles. The van der Waals surface area contributed by atoms with E-state index in [9.17, 15) is 9.90 Å². The van der Waals surface area contributed by atoms with Gasteiger partial charge in [-0.05, 0) is 32.4 Å². The van der Waals surface area contributed by atoms with Gasteiger partial charge < -0.3 is 10.0 Å². The van der Waals surface area contributed by atoms with Gasteiger partial charge in [-0.2, -0.15) is 0 Å². The molecule has 18 heavy (non-hydrogen) atoms. The van der Waals surface area contributed by atoms with Crippen LogP contribution in [0.1, 0.15) is 26.3 Å². The molecule has 1 rings (SSSR count). The van der Waals surface area contributed by atoms with E-state index in [4.69, 9.17) is 0 Å². The normalized spacial score (nSPS) is 11.8. The van der Waals surface area contributed by atoms with Gasteiger partial charge in [0.25, 0.3) is 0 Å². The minimum atomic E-state index is -0.869. The van der Waals surface area contributed by atoms with E-state index in [0.29, 0.717) is 13.1 Å². The average Bonchev–Trinajstić information content (AvgIpc) is 2.33. The SMILES string of the molecule is CCN(CC(C)(C)O)C(=O)/C=C\c1ccccc1. The van der Waals surface area contributed by atoms with Crippen LogP contribution in [0.3, 0.4) is 0 Å². The molecule has 0 bridgehead atoms. The molecule has 0 spiro atoms. The quantitative estimate of drug-likeness (QED) is 0.811. The first kappa shape index (κ1) is 14.5. The second-order valence-electron chi connectivity index (χ2n) is 4.91. The maximum Gasteiger partial charge on any atom is 0.246 e. The minimum Gasteiger partial charge on any atom is -0.389 e. The standard InChI is InChI=1S/C15H21NO2/c1-4-16(12-15(2,3)18)14(17)11-10-13-8-6-5-7-9-13/h5-11,18H,4,12H2,1-3H3/b11-10-. The van der Waals surface area contributed by atoms with E-state index in [0.717, 1.165) is 5.56 Å². The Labute approximate surface area is 109 Å². The number of carbonyl (C=O) groups excluding carboxylic acids is 1. The molecule has 3 heteroatoms. The fourth-order valence-corrected chi connectivity index (χ4v) is 1.65. The molecule has 1 amide bonds. The van der Waals surface area contributed by atoms with Crippen LogP contribution in [0, 0.1) is 0 Å². The van der Waals surface area contributed by atoms with Gasteiger partial charge >= 0.3 is 0 Å². The topological polar surface area (TPSA) is 40.5 Å². The van der Waals surface area contributed by atoms with Crippen LogP contribution >= 0.6 is 0 Å². The van der Waals surface area contributed by atoms with E-state index in [1.807, 2.05) is 37.3 Å². The van der Waals surface area contributed by atoms with Gasteiger partial charge in [0.05, 0.1) is 5.60 Å². The monoisotopic (exact) mass is 247 g/mol. The van der Waals surface area contributed by atoms with Crippen LogP contribution in [-0.4, -0.2) is 34.6 Å². The zero-order chi connectivity index (χ0) is 13.6.